The highest BCUT2D eigenvalue weighted by molar-refractivity contribution is 5.93. The van der Waals surface area contributed by atoms with Crippen LogP contribution in [-0.4, -0.2) is 46.7 Å². The largest absolute Gasteiger partial charge is 0.457 e. The number of hydrogen-bond donors (Lipinski definition) is 1. The molecule has 1 aromatic carbocycles. The monoisotopic (exact) mass is 520 g/mol. The van der Waals surface area contributed by atoms with Crippen LogP contribution in [0.5, 0.6) is 0 Å². The maximum atomic E-state index is 14.8. The number of hydrogen-bond acceptors (Lipinski definition) is 7. The molecule has 38 heavy (non-hydrogen) atoms. The normalized spacial score (nSPS) is 19.0. The van der Waals surface area contributed by atoms with Gasteiger partial charge in [-0.2, -0.15) is 0 Å². The standard InChI is InChI=1S/C28H29FN4O5/c1-4-28(38-27(36)32(3)9-8-30)19-10-22-24-17(12-33(22)25(34)18(19)13-37-26(28)35)16-7-5-6-15-14(2)20(29)11-21(31-24)23(15)16/h10-11H,4-9,12-13,30H2,1-3H3/t28-/m0/s1. The molecule has 3 aliphatic rings. The summed E-state index contributed by atoms with van der Waals surface area (Å²) in [6, 6.07) is 3.19. The number of ether oxygens (including phenoxy) is 2. The van der Waals surface area contributed by atoms with Crippen LogP contribution in [0.4, 0.5) is 9.18 Å². The van der Waals surface area contributed by atoms with E-state index in [9.17, 15) is 18.8 Å². The molecule has 0 saturated carbocycles. The van der Waals surface area contributed by atoms with Gasteiger partial charge in [-0.15, -0.1) is 0 Å². The second-order valence-corrected chi connectivity index (χ2v) is 10.3. The van der Waals surface area contributed by atoms with Gasteiger partial charge in [-0.05, 0) is 55.4 Å². The third kappa shape index (κ3) is 3.25. The topological polar surface area (TPSA) is 117 Å². The molecule has 0 fully saturated rings. The van der Waals surface area contributed by atoms with Crippen molar-refractivity contribution in [2.24, 2.45) is 5.73 Å². The van der Waals surface area contributed by atoms with E-state index < -0.39 is 17.7 Å². The summed E-state index contributed by atoms with van der Waals surface area (Å²) in [5, 5.41) is 0.984. The smallest absolute Gasteiger partial charge is 0.411 e. The number of carbonyl (C=O) groups is 2. The van der Waals surface area contributed by atoms with Crippen molar-refractivity contribution in [3.63, 3.8) is 0 Å². The quantitative estimate of drug-likeness (QED) is 0.411. The summed E-state index contributed by atoms with van der Waals surface area (Å²) in [7, 11) is 1.52. The number of halogens is 1. The third-order valence-corrected chi connectivity index (χ3v) is 8.28. The average molecular weight is 521 g/mol. The number of pyridine rings is 2. The number of nitrogens with zero attached hydrogens (tertiary/aromatic N) is 3. The highest BCUT2D eigenvalue weighted by Crippen LogP contribution is 2.44. The van der Waals surface area contributed by atoms with Crippen molar-refractivity contribution in [1.82, 2.24) is 14.5 Å². The molecule has 6 rings (SSSR count). The molecule has 2 N–H and O–H groups in total. The lowest BCUT2D eigenvalue weighted by atomic mass is 9.84. The van der Waals surface area contributed by atoms with Crippen LogP contribution < -0.4 is 11.3 Å². The maximum Gasteiger partial charge on any atom is 0.411 e. The Morgan fingerprint density at radius 1 is 1.24 bits per heavy atom. The van der Waals surface area contributed by atoms with E-state index in [0.717, 1.165) is 41.3 Å². The zero-order chi connectivity index (χ0) is 26.9. The lowest BCUT2D eigenvalue weighted by Crippen LogP contribution is -2.49. The van der Waals surface area contributed by atoms with Gasteiger partial charge in [0.1, 0.15) is 12.4 Å². The van der Waals surface area contributed by atoms with E-state index in [-0.39, 0.29) is 43.1 Å². The van der Waals surface area contributed by atoms with E-state index >= 15 is 0 Å². The van der Waals surface area contributed by atoms with E-state index in [1.165, 1.54) is 18.0 Å². The Morgan fingerprint density at radius 2 is 2.00 bits per heavy atom. The fourth-order valence-electron chi connectivity index (χ4n) is 6.19. The van der Waals surface area contributed by atoms with Gasteiger partial charge in [-0.25, -0.2) is 19.0 Å². The predicted molar refractivity (Wildman–Crippen MR) is 137 cm³/mol. The molecule has 1 atom stereocenters. The number of cyclic esters (lactones) is 1. The summed E-state index contributed by atoms with van der Waals surface area (Å²) in [6.45, 7) is 4.08. The number of fused-ring (bicyclic) bond motifs is 5. The number of aryl methyl sites for hydroxylation is 2. The fourth-order valence-corrected chi connectivity index (χ4v) is 6.19. The Morgan fingerprint density at radius 3 is 2.74 bits per heavy atom. The Bertz CT molecular complexity index is 1610. The summed E-state index contributed by atoms with van der Waals surface area (Å²) in [4.78, 5) is 46.0. The molecule has 0 bridgehead atoms. The lowest BCUT2D eigenvalue weighted by Gasteiger charge is -2.36. The zero-order valence-corrected chi connectivity index (χ0v) is 21.6. The Hall–Kier alpha value is -3.79. The molecule has 1 amide bonds. The number of carbonyl (C=O) groups excluding carboxylic acids is 2. The molecule has 2 aliphatic heterocycles. The van der Waals surface area contributed by atoms with Crippen molar-refractivity contribution < 1.29 is 23.5 Å². The molecule has 4 heterocycles. The van der Waals surface area contributed by atoms with Crippen LogP contribution in [0.3, 0.4) is 0 Å². The van der Waals surface area contributed by atoms with Crippen LogP contribution >= 0.6 is 0 Å². The zero-order valence-electron chi connectivity index (χ0n) is 21.6. The number of aromatic nitrogens is 2. The van der Waals surface area contributed by atoms with Crippen LogP contribution in [0.15, 0.2) is 16.9 Å². The average Bonchev–Trinajstić information content (AvgIpc) is 3.28. The Labute approximate surface area is 218 Å². The summed E-state index contributed by atoms with van der Waals surface area (Å²) >= 11 is 0. The van der Waals surface area contributed by atoms with Crippen molar-refractivity contribution in [3.05, 3.63) is 61.7 Å². The number of rotatable bonds is 4. The summed E-state index contributed by atoms with van der Waals surface area (Å²) in [5.41, 5.74) is 9.40. The van der Waals surface area contributed by atoms with Gasteiger partial charge in [0.2, 0.25) is 5.60 Å². The first-order valence-corrected chi connectivity index (χ1v) is 12.9. The van der Waals surface area contributed by atoms with Crippen LogP contribution in [0.1, 0.15) is 53.1 Å². The fraction of sp³-hybridized carbons (Fsp3) is 0.429. The van der Waals surface area contributed by atoms with Gasteiger partial charge in [0.15, 0.2) is 0 Å². The van der Waals surface area contributed by atoms with Crippen LogP contribution in [0, 0.1) is 12.7 Å². The number of amides is 1. The van der Waals surface area contributed by atoms with Crippen molar-refractivity contribution in [2.45, 2.75) is 58.3 Å². The molecule has 0 spiro atoms. The minimum absolute atomic E-state index is 0.0705. The molecule has 3 aromatic rings. The maximum absolute atomic E-state index is 14.8. The number of likely N-dealkylation sites (N-methyl/N-ethyl adjacent to an activating group) is 1. The molecule has 0 unspecified atom stereocenters. The lowest BCUT2D eigenvalue weighted by molar-refractivity contribution is -0.173. The van der Waals surface area contributed by atoms with Crippen LogP contribution in [0.2, 0.25) is 0 Å². The first kappa shape index (κ1) is 24.5. The van der Waals surface area contributed by atoms with Crippen molar-refractivity contribution in [3.8, 4) is 11.4 Å². The van der Waals surface area contributed by atoms with Gasteiger partial charge >= 0.3 is 12.1 Å². The second-order valence-electron chi connectivity index (χ2n) is 10.3. The second kappa shape index (κ2) is 8.62. The molecule has 2 aromatic heterocycles. The van der Waals surface area contributed by atoms with Crippen LogP contribution in [0.25, 0.3) is 22.3 Å². The van der Waals surface area contributed by atoms with Crippen molar-refractivity contribution in [1.29, 1.82) is 0 Å². The van der Waals surface area contributed by atoms with Gasteiger partial charge in [0.05, 0.1) is 29.0 Å². The molecular weight excluding hydrogens is 491 g/mol. The molecular formula is C28H29FN4O5. The van der Waals surface area contributed by atoms with Gasteiger partial charge in [0.25, 0.3) is 5.56 Å². The van der Waals surface area contributed by atoms with E-state index in [1.54, 1.807) is 24.5 Å². The minimum Gasteiger partial charge on any atom is -0.457 e. The molecule has 1 aliphatic carbocycles. The van der Waals surface area contributed by atoms with E-state index in [1.807, 2.05) is 0 Å². The molecule has 198 valence electrons. The third-order valence-electron chi connectivity index (χ3n) is 8.28. The predicted octanol–water partition coefficient (Wildman–Crippen LogP) is 3.05. The molecule has 9 nitrogen and oxygen atoms in total. The molecule has 0 radical (unpaired) electrons. The van der Waals surface area contributed by atoms with Crippen molar-refractivity contribution in [2.75, 3.05) is 20.1 Å². The van der Waals surface area contributed by atoms with Gasteiger partial charge < -0.3 is 24.7 Å². The van der Waals surface area contributed by atoms with Crippen LogP contribution in [-0.2, 0) is 45.9 Å². The molecule has 0 saturated heterocycles. The van der Waals surface area contributed by atoms with E-state index in [4.69, 9.17) is 20.2 Å². The summed E-state index contributed by atoms with van der Waals surface area (Å²) < 4.78 is 27.6. The number of esters is 1. The van der Waals surface area contributed by atoms with Crippen molar-refractivity contribution >= 4 is 23.0 Å². The summed E-state index contributed by atoms with van der Waals surface area (Å²) in [5.74, 6) is -1.02. The van der Waals surface area contributed by atoms with E-state index in [2.05, 4.69) is 0 Å². The van der Waals surface area contributed by atoms with Gasteiger partial charge in [-0.3, -0.25) is 4.79 Å². The number of benzene rings is 1. The summed E-state index contributed by atoms with van der Waals surface area (Å²) in [6.07, 6.45) is 1.82. The molecule has 10 heteroatoms. The Balaban J connectivity index is 1.57. The first-order valence-electron chi connectivity index (χ1n) is 12.9. The highest BCUT2D eigenvalue weighted by atomic mass is 19.1. The Kier molecular flexibility index (Phi) is 5.57. The van der Waals surface area contributed by atoms with Gasteiger partial charge in [0, 0.05) is 42.7 Å². The van der Waals surface area contributed by atoms with Gasteiger partial charge in [-0.1, -0.05) is 6.92 Å². The SMILES string of the molecule is CC[C@@]1(OC(=O)N(C)CCN)C(=O)OCc2c1cc1n(c2=O)Cc2c-1nc1cc(F)c(C)c3c1c2CCC3. The number of nitrogens with two attached hydrogens (primary N) is 1. The first-order chi connectivity index (χ1) is 18.2. The van der Waals surface area contributed by atoms with E-state index in [0.29, 0.717) is 34.6 Å². The minimum atomic E-state index is -1.79. The highest BCUT2D eigenvalue weighted by Gasteiger charge is 2.51.